The molecule has 1 N–H and O–H groups in total. The molecule has 0 bridgehead atoms. The van der Waals surface area contributed by atoms with Gasteiger partial charge in [0.05, 0.1) is 11.0 Å². The number of amides is 1. The number of alkyl halides is 3. The molecule has 3 heterocycles. The van der Waals surface area contributed by atoms with Crippen molar-refractivity contribution in [1.82, 2.24) is 24.3 Å². The van der Waals surface area contributed by atoms with Crippen LogP contribution in [0.4, 0.5) is 18.9 Å². The van der Waals surface area contributed by atoms with Crippen LogP contribution in [0, 0.1) is 0 Å². The van der Waals surface area contributed by atoms with Crippen molar-refractivity contribution < 1.29 is 18.0 Å². The van der Waals surface area contributed by atoms with E-state index in [2.05, 4.69) is 25.1 Å². The number of carbonyl (C=O) groups excluding carboxylic acids is 1. The Morgan fingerprint density at radius 1 is 1.03 bits per heavy atom. The third kappa shape index (κ3) is 4.20. The van der Waals surface area contributed by atoms with Gasteiger partial charge in [0.2, 0.25) is 11.7 Å². The lowest BCUT2D eigenvalue weighted by Gasteiger charge is -2.12. The zero-order chi connectivity index (χ0) is 23.0. The van der Waals surface area contributed by atoms with Crippen LogP contribution in [0.15, 0.2) is 48.5 Å². The van der Waals surface area contributed by atoms with Crippen LogP contribution in [0.2, 0.25) is 0 Å². The maximum atomic E-state index is 13.5. The maximum Gasteiger partial charge on any atom is 0.449 e. The third-order valence-electron chi connectivity index (χ3n) is 5.72. The molecule has 10 heteroatoms. The van der Waals surface area contributed by atoms with Crippen molar-refractivity contribution in [1.29, 1.82) is 0 Å². The number of hydrogen-bond donors (Lipinski definition) is 1. The standard InChI is InChI=1S/C23H21F3N6O/c24-23(25,26)22-28-17-9-3-4-10-18(17)32(22)14-20(33)27-16-8-6-7-15(13-16)21-30-29-19-11-2-1-5-12-31(19)21/h3-4,6-10,13H,1-2,5,11-12,14H2,(H,27,33). The number of benzene rings is 2. The average molecular weight is 454 g/mol. The fourth-order valence-electron chi connectivity index (χ4n) is 4.23. The first-order valence-corrected chi connectivity index (χ1v) is 10.7. The van der Waals surface area contributed by atoms with E-state index < -0.39 is 24.5 Å². The number of halogens is 3. The average Bonchev–Trinajstić information content (AvgIpc) is 3.27. The third-order valence-corrected chi connectivity index (χ3v) is 5.72. The first-order chi connectivity index (χ1) is 15.9. The van der Waals surface area contributed by atoms with E-state index in [1.807, 2.05) is 6.07 Å². The van der Waals surface area contributed by atoms with Crippen molar-refractivity contribution in [3.63, 3.8) is 0 Å². The monoisotopic (exact) mass is 454 g/mol. The predicted octanol–water partition coefficient (Wildman–Crippen LogP) is 4.68. The predicted molar refractivity (Wildman–Crippen MR) is 116 cm³/mol. The fourth-order valence-corrected chi connectivity index (χ4v) is 4.23. The number of aryl methyl sites for hydroxylation is 1. The molecule has 0 spiro atoms. The van der Waals surface area contributed by atoms with Crippen molar-refractivity contribution in [3.05, 3.63) is 60.2 Å². The molecular formula is C23H21F3N6O. The fraction of sp³-hybridized carbons (Fsp3) is 0.304. The second-order valence-electron chi connectivity index (χ2n) is 8.04. The molecule has 0 aliphatic carbocycles. The summed E-state index contributed by atoms with van der Waals surface area (Å²) in [5.41, 5.74) is 1.70. The lowest BCUT2D eigenvalue weighted by molar-refractivity contribution is -0.147. The van der Waals surface area contributed by atoms with Crippen molar-refractivity contribution in [3.8, 4) is 11.4 Å². The van der Waals surface area contributed by atoms with E-state index in [0.29, 0.717) is 5.69 Å². The smallest absolute Gasteiger partial charge is 0.325 e. The summed E-state index contributed by atoms with van der Waals surface area (Å²) in [5.74, 6) is -0.00815. The molecule has 1 amide bonds. The first kappa shape index (κ1) is 21.2. The molecule has 7 nitrogen and oxygen atoms in total. The molecule has 0 unspecified atom stereocenters. The molecule has 4 aromatic rings. The second-order valence-corrected chi connectivity index (χ2v) is 8.04. The highest BCUT2D eigenvalue weighted by atomic mass is 19.4. The molecule has 5 rings (SSSR count). The summed E-state index contributed by atoms with van der Waals surface area (Å²) in [6, 6.07) is 13.3. The van der Waals surface area contributed by atoms with Crippen molar-refractivity contribution >= 4 is 22.6 Å². The Morgan fingerprint density at radius 3 is 2.73 bits per heavy atom. The number of fused-ring (bicyclic) bond motifs is 2. The molecule has 0 fully saturated rings. The van der Waals surface area contributed by atoms with Crippen molar-refractivity contribution in [2.75, 3.05) is 5.32 Å². The zero-order valence-electron chi connectivity index (χ0n) is 17.6. The summed E-state index contributed by atoms with van der Waals surface area (Å²) in [7, 11) is 0. The highest BCUT2D eigenvalue weighted by Gasteiger charge is 2.38. The maximum absolute atomic E-state index is 13.5. The summed E-state index contributed by atoms with van der Waals surface area (Å²) in [6.07, 6.45) is -0.526. The van der Waals surface area contributed by atoms with Gasteiger partial charge in [-0.15, -0.1) is 10.2 Å². The molecule has 0 saturated heterocycles. The Hall–Kier alpha value is -3.69. The van der Waals surface area contributed by atoms with Gasteiger partial charge in [0.15, 0.2) is 5.82 Å². The highest BCUT2D eigenvalue weighted by Crippen LogP contribution is 2.31. The van der Waals surface area contributed by atoms with Crippen LogP contribution in [0.3, 0.4) is 0 Å². The molecule has 0 saturated carbocycles. The summed E-state index contributed by atoms with van der Waals surface area (Å²) < 4.78 is 43.5. The van der Waals surface area contributed by atoms with E-state index in [1.54, 1.807) is 30.3 Å². The normalized spacial score (nSPS) is 14.2. The molecule has 2 aromatic heterocycles. The summed E-state index contributed by atoms with van der Waals surface area (Å²) in [5, 5.41) is 11.3. The minimum Gasteiger partial charge on any atom is -0.325 e. The van der Waals surface area contributed by atoms with Gasteiger partial charge in [-0.1, -0.05) is 30.7 Å². The van der Waals surface area contributed by atoms with Gasteiger partial charge in [0, 0.05) is 24.2 Å². The number of carbonyl (C=O) groups is 1. The number of imidazole rings is 1. The van der Waals surface area contributed by atoms with E-state index >= 15 is 0 Å². The Balaban J connectivity index is 1.40. The SMILES string of the molecule is O=C(Cn1c(C(F)(F)F)nc2ccccc21)Nc1cccc(-c2nnc3n2CCCCC3)c1. The molecule has 33 heavy (non-hydrogen) atoms. The van der Waals surface area contributed by atoms with Crippen LogP contribution in [0.5, 0.6) is 0 Å². The molecule has 1 aliphatic heterocycles. The van der Waals surface area contributed by atoms with Gasteiger partial charge in [-0.05, 0) is 37.1 Å². The second kappa shape index (κ2) is 8.34. The molecule has 2 aromatic carbocycles. The number of nitrogens with one attached hydrogen (secondary N) is 1. The minimum absolute atomic E-state index is 0.187. The Labute approximate surface area is 187 Å². The molecule has 1 aliphatic rings. The van der Waals surface area contributed by atoms with Crippen molar-refractivity contribution in [2.45, 2.75) is 44.9 Å². The Kier molecular flexibility index (Phi) is 5.35. The number of para-hydroxylation sites is 2. The zero-order valence-corrected chi connectivity index (χ0v) is 17.6. The highest BCUT2D eigenvalue weighted by molar-refractivity contribution is 5.92. The molecule has 0 radical (unpaired) electrons. The molecule has 170 valence electrons. The van der Waals surface area contributed by atoms with Gasteiger partial charge >= 0.3 is 6.18 Å². The van der Waals surface area contributed by atoms with Gasteiger partial charge in [-0.2, -0.15) is 13.2 Å². The van der Waals surface area contributed by atoms with Crippen LogP contribution in [0.25, 0.3) is 22.4 Å². The Bertz CT molecular complexity index is 1320. The number of hydrogen-bond acceptors (Lipinski definition) is 4. The van der Waals surface area contributed by atoms with Crippen molar-refractivity contribution in [2.24, 2.45) is 0 Å². The molecule has 0 atom stereocenters. The largest absolute Gasteiger partial charge is 0.449 e. The number of anilines is 1. The van der Waals surface area contributed by atoms with Crippen LogP contribution < -0.4 is 5.32 Å². The lowest BCUT2D eigenvalue weighted by Crippen LogP contribution is -2.23. The van der Waals surface area contributed by atoms with E-state index in [0.717, 1.165) is 54.0 Å². The van der Waals surface area contributed by atoms with Gasteiger partial charge in [-0.3, -0.25) is 4.79 Å². The number of rotatable bonds is 4. The van der Waals surface area contributed by atoms with E-state index in [9.17, 15) is 18.0 Å². The quantitative estimate of drug-likeness (QED) is 0.486. The molecular weight excluding hydrogens is 433 g/mol. The van der Waals surface area contributed by atoms with Crippen LogP contribution in [-0.2, 0) is 30.5 Å². The number of nitrogens with zero attached hydrogens (tertiary/aromatic N) is 5. The minimum atomic E-state index is -4.68. The van der Waals surface area contributed by atoms with Gasteiger partial charge < -0.3 is 14.5 Å². The van der Waals surface area contributed by atoms with Crippen LogP contribution >= 0.6 is 0 Å². The first-order valence-electron chi connectivity index (χ1n) is 10.7. The van der Waals surface area contributed by atoms with Crippen LogP contribution in [-0.4, -0.2) is 30.2 Å². The summed E-state index contributed by atoms with van der Waals surface area (Å²) >= 11 is 0. The summed E-state index contributed by atoms with van der Waals surface area (Å²) in [4.78, 5) is 16.4. The lowest BCUT2D eigenvalue weighted by atomic mass is 10.2. The van der Waals surface area contributed by atoms with Crippen LogP contribution in [0.1, 0.15) is 30.9 Å². The number of aromatic nitrogens is 5. The van der Waals surface area contributed by atoms with Gasteiger partial charge in [0.25, 0.3) is 0 Å². The topological polar surface area (TPSA) is 77.6 Å². The van der Waals surface area contributed by atoms with Gasteiger partial charge in [0.1, 0.15) is 12.4 Å². The van der Waals surface area contributed by atoms with E-state index in [4.69, 9.17) is 0 Å². The Morgan fingerprint density at radius 2 is 1.88 bits per heavy atom. The van der Waals surface area contributed by atoms with Gasteiger partial charge in [-0.25, -0.2) is 4.98 Å². The van der Waals surface area contributed by atoms with E-state index in [-0.39, 0.29) is 11.0 Å². The van der Waals surface area contributed by atoms with E-state index in [1.165, 1.54) is 12.1 Å². The summed E-state index contributed by atoms with van der Waals surface area (Å²) in [6.45, 7) is 0.322.